The minimum atomic E-state index is -0.244. The highest BCUT2D eigenvalue weighted by atomic mass is 16.3. The molecule has 2 rings (SSSR count). The second-order valence-corrected chi connectivity index (χ2v) is 5.59. The maximum Gasteiger partial charge on any atom is 0.267 e. The van der Waals surface area contributed by atoms with E-state index in [-0.39, 0.29) is 29.8 Å². The minimum Gasteiger partial charge on any atom is -0.396 e. The summed E-state index contributed by atoms with van der Waals surface area (Å²) >= 11 is 0. The zero-order valence-electron chi connectivity index (χ0n) is 11.3. The number of Topliss-reactive ketones (excluding diaryl/α,β-unsaturated/α-hetero) is 1. The molecule has 0 radical (unpaired) electrons. The number of aromatic nitrogens is 1. The van der Waals surface area contributed by atoms with Crippen molar-refractivity contribution in [2.24, 2.45) is 5.41 Å². The summed E-state index contributed by atoms with van der Waals surface area (Å²) in [6, 6.07) is 1.54. The fraction of sp³-hybridized carbons (Fsp3) is 0.571. The Morgan fingerprint density at radius 1 is 1.58 bits per heavy atom. The molecule has 1 saturated carbocycles. The smallest absolute Gasteiger partial charge is 0.267 e. The number of hydrogen-bond donors (Lipinski definition) is 3. The van der Waals surface area contributed by atoms with Gasteiger partial charge in [-0.05, 0) is 25.8 Å². The Kier molecular flexibility index (Phi) is 3.75. The number of aliphatic hydroxyl groups excluding tert-OH is 1. The van der Waals surface area contributed by atoms with Crippen molar-refractivity contribution in [1.82, 2.24) is 10.3 Å². The second-order valence-electron chi connectivity index (χ2n) is 5.59. The Morgan fingerprint density at radius 3 is 2.89 bits per heavy atom. The molecule has 104 valence electrons. The van der Waals surface area contributed by atoms with E-state index in [2.05, 4.69) is 10.3 Å². The van der Waals surface area contributed by atoms with E-state index in [0.29, 0.717) is 11.3 Å². The molecule has 0 aliphatic heterocycles. The van der Waals surface area contributed by atoms with E-state index >= 15 is 0 Å². The summed E-state index contributed by atoms with van der Waals surface area (Å²) in [5.41, 5.74) is 0.643. The Balaban J connectivity index is 2.06. The molecule has 1 aliphatic rings. The summed E-state index contributed by atoms with van der Waals surface area (Å²) in [7, 11) is 0. The van der Waals surface area contributed by atoms with Gasteiger partial charge in [0.2, 0.25) is 0 Å². The number of nitrogens with one attached hydrogen (secondary N) is 2. The van der Waals surface area contributed by atoms with E-state index in [1.807, 2.05) is 6.92 Å². The van der Waals surface area contributed by atoms with Crippen molar-refractivity contribution >= 4 is 11.7 Å². The van der Waals surface area contributed by atoms with Crippen LogP contribution in [0.15, 0.2) is 12.3 Å². The molecule has 0 spiro atoms. The van der Waals surface area contributed by atoms with Crippen LogP contribution in [0, 0.1) is 5.41 Å². The summed E-state index contributed by atoms with van der Waals surface area (Å²) in [6.45, 7) is 3.52. The quantitative estimate of drug-likeness (QED) is 0.721. The van der Waals surface area contributed by atoms with Crippen molar-refractivity contribution in [2.75, 3.05) is 6.61 Å². The number of carbonyl (C=O) groups is 2. The lowest BCUT2D eigenvalue weighted by atomic mass is 9.86. The molecule has 0 aromatic carbocycles. The third kappa shape index (κ3) is 2.71. The van der Waals surface area contributed by atoms with Crippen LogP contribution < -0.4 is 5.32 Å². The number of aliphatic hydroxyl groups is 1. The SMILES string of the molecule is CC(=O)c1c[nH]c(C(=O)NC2CCCC2(C)CO)c1. The van der Waals surface area contributed by atoms with E-state index in [9.17, 15) is 14.7 Å². The van der Waals surface area contributed by atoms with Gasteiger partial charge in [0.15, 0.2) is 5.78 Å². The van der Waals surface area contributed by atoms with Gasteiger partial charge in [-0.3, -0.25) is 9.59 Å². The minimum absolute atomic E-state index is 0.0194. The highest BCUT2D eigenvalue weighted by Gasteiger charge is 2.39. The first-order chi connectivity index (χ1) is 8.96. The van der Waals surface area contributed by atoms with E-state index in [4.69, 9.17) is 0 Å². The predicted molar refractivity (Wildman–Crippen MR) is 71.1 cm³/mol. The Labute approximate surface area is 112 Å². The van der Waals surface area contributed by atoms with Crippen molar-refractivity contribution in [3.8, 4) is 0 Å². The molecule has 3 N–H and O–H groups in total. The van der Waals surface area contributed by atoms with Crippen LogP contribution in [-0.2, 0) is 0 Å². The first kappa shape index (κ1) is 13.8. The standard InChI is InChI=1S/C14H20N2O3/c1-9(18)10-6-11(15-7-10)13(19)16-12-4-3-5-14(12,2)8-17/h6-7,12,15,17H,3-5,8H2,1-2H3,(H,16,19). The van der Waals surface area contributed by atoms with Gasteiger partial charge in [-0.1, -0.05) is 13.3 Å². The molecule has 0 saturated heterocycles. The Hall–Kier alpha value is -1.62. The van der Waals surface area contributed by atoms with E-state index < -0.39 is 0 Å². The molecule has 2 atom stereocenters. The number of aromatic amines is 1. The van der Waals surface area contributed by atoms with Crippen LogP contribution in [0.4, 0.5) is 0 Å². The maximum atomic E-state index is 12.1. The molecule has 1 amide bonds. The summed E-state index contributed by atoms with van der Waals surface area (Å²) < 4.78 is 0. The normalized spacial score (nSPS) is 26.4. The monoisotopic (exact) mass is 264 g/mol. The summed E-state index contributed by atoms with van der Waals surface area (Å²) in [5, 5.41) is 12.4. The molecule has 1 aromatic heterocycles. The fourth-order valence-corrected chi connectivity index (χ4v) is 2.63. The number of ketones is 1. The van der Waals surface area contributed by atoms with Crippen molar-refractivity contribution in [3.63, 3.8) is 0 Å². The van der Waals surface area contributed by atoms with Gasteiger partial charge in [-0.2, -0.15) is 0 Å². The maximum absolute atomic E-state index is 12.1. The first-order valence-electron chi connectivity index (χ1n) is 6.57. The molecular weight excluding hydrogens is 244 g/mol. The van der Waals surface area contributed by atoms with Crippen molar-refractivity contribution < 1.29 is 14.7 Å². The van der Waals surface area contributed by atoms with Gasteiger partial charge in [0.05, 0.1) is 6.61 Å². The topological polar surface area (TPSA) is 82.2 Å². The van der Waals surface area contributed by atoms with Gasteiger partial charge in [0, 0.05) is 23.2 Å². The van der Waals surface area contributed by atoms with Gasteiger partial charge in [0.25, 0.3) is 5.91 Å². The van der Waals surface area contributed by atoms with Crippen molar-refractivity contribution in [2.45, 2.75) is 39.2 Å². The third-order valence-electron chi connectivity index (χ3n) is 4.08. The number of amides is 1. The van der Waals surface area contributed by atoms with Gasteiger partial charge < -0.3 is 15.4 Å². The van der Waals surface area contributed by atoms with Gasteiger partial charge in [-0.15, -0.1) is 0 Å². The first-order valence-corrected chi connectivity index (χ1v) is 6.57. The molecular formula is C14H20N2O3. The van der Waals surface area contributed by atoms with Crippen molar-refractivity contribution in [1.29, 1.82) is 0 Å². The molecule has 1 fully saturated rings. The largest absolute Gasteiger partial charge is 0.396 e. The Morgan fingerprint density at radius 2 is 2.32 bits per heavy atom. The summed E-state index contributed by atoms with van der Waals surface area (Å²) in [4.78, 5) is 26.1. The van der Waals surface area contributed by atoms with Crippen LogP contribution in [0.5, 0.6) is 0 Å². The van der Waals surface area contributed by atoms with Gasteiger partial charge in [0.1, 0.15) is 5.69 Å². The molecule has 1 heterocycles. The molecule has 5 nitrogen and oxygen atoms in total. The average molecular weight is 264 g/mol. The molecule has 1 aliphatic carbocycles. The average Bonchev–Trinajstić information content (AvgIpc) is 2.98. The lowest BCUT2D eigenvalue weighted by molar-refractivity contribution is 0.0826. The van der Waals surface area contributed by atoms with Gasteiger partial charge in [-0.25, -0.2) is 0 Å². The highest BCUT2D eigenvalue weighted by molar-refractivity contribution is 5.99. The zero-order valence-corrected chi connectivity index (χ0v) is 11.3. The fourth-order valence-electron chi connectivity index (χ4n) is 2.63. The van der Waals surface area contributed by atoms with Crippen LogP contribution in [0.25, 0.3) is 0 Å². The van der Waals surface area contributed by atoms with Crippen molar-refractivity contribution in [3.05, 3.63) is 23.5 Å². The van der Waals surface area contributed by atoms with Crippen LogP contribution in [0.1, 0.15) is 54.0 Å². The molecule has 5 heteroatoms. The van der Waals surface area contributed by atoms with E-state index in [0.717, 1.165) is 19.3 Å². The number of carbonyl (C=O) groups excluding carboxylic acids is 2. The highest BCUT2D eigenvalue weighted by Crippen LogP contribution is 2.37. The van der Waals surface area contributed by atoms with Crippen LogP contribution in [0.3, 0.4) is 0 Å². The number of H-pyrrole nitrogens is 1. The summed E-state index contributed by atoms with van der Waals surface area (Å²) in [6.07, 6.45) is 4.34. The van der Waals surface area contributed by atoms with Crippen LogP contribution in [0.2, 0.25) is 0 Å². The Bertz CT molecular complexity index is 495. The lowest BCUT2D eigenvalue weighted by Crippen LogP contribution is -2.44. The van der Waals surface area contributed by atoms with Crippen LogP contribution in [-0.4, -0.2) is 34.4 Å². The molecule has 1 aromatic rings. The number of hydrogen-bond acceptors (Lipinski definition) is 3. The third-order valence-corrected chi connectivity index (χ3v) is 4.08. The lowest BCUT2D eigenvalue weighted by Gasteiger charge is -2.29. The second kappa shape index (κ2) is 5.17. The van der Waals surface area contributed by atoms with Gasteiger partial charge >= 0.3 is 0 Å². The zero-order chi connectivity index (χ0) is 14.0. The van der Waals surface area contributed by atoms with E-state index in [1.165, 1.54) is 13.1 Å². The predicted octanol–water partition coefficient (Wildman–Crippen LogP) is 1.50. The van der Waals surface area contributed by atoms with Crippen LogP contribution >= 0.6 is 0 Å². The molecule has 2 unspecified atom stereocenters. The number of rotatable bonds is 4. The molecule has 0 bridgehead atoms. The molecule has 19 heavy (non-hydrogen) atoms. The van der Waals surface area contributed by atoms with E-state index in [1.54, 1.807) is 6.07 Å². The summed E-state index contributed by atoms with van der Waals surface area (Å²) in [5.74, 6) is -0.296.